The fraction of sp³-hybridized carbons (Fsp3) is 0.438. The van der Waals surface area contributed by atoms with Crippen LogP contribution in [0.4, 0.5) is 11.8 Å². The van der Waals surface area contributed by atoms with Crippen molar-refractivity contribution in [1.29, 1.82) is 0 Å². The summed E-state index contributed by atoms with van der Waals surface area (Å²) in [5.74, 6) is 1.63. The highest BCUT2D eigenvalue weighted by Gasteiger charge is 2.14. The first-order valence-electron chi connectivity index (χ1n) is 7.53. The van der Waals surface area contributed by atoms with Crippen molar-refractivity contribution in [1.82, 2.24) is 15.2 Å². The molecule has 3 rings (SSSR count). The first-order valence-corrected chi connectivity index (χ1v) is 7.53. The van der Waals surface area contributed by atoms with Gasteiger partial charge in [-0.1, -0.05) is 30.3 Å². The van der Waals surface area contributed by atoms with Crippen molar-refractivity contribution in [2.75, 3.05) is 29.9 Å². The molecule has 0 aliphatic carbocycles. The van der Waals surface area contributed by atoms with Gasteiger partial charge in [0.1, 0.15) is 0 Å². The second-order valence-electron chi connectivity index (χ2n) is 5.50. The number of benzene rings is 1. The Morgan fingerprint density at radius 1 is 1.10 bits per heavy atom. The molecule has 1 saturated heterocycles. The molecule has 1 aliphatic heterocycles. The fourth-order valence-electron chi connectivity index (χ4n) is 2.65. The van der Waals surface area contributed by atoms with Gasteiger partial charge in [0.15, 0.2) is 5.82 Å². The van der Waals surface area contributed by atoms with Gasteiger partial charge in [-0.15, -0.1) is 5.10 Å². The lowest BCUT2D eigenvalue weighted by atomic mass is 10.1. The molecule has 0 saturated carbocycles. The van der Waals surface area contributed by atoms with Crippen LogP contribution in [0.5, 0.6) is 0 Å². The van der Waals surface area contributed by atoms with Crippen molar-refractivity contribution in [2.24, 2.45) is 0 Å². The highest BCUT2D eigenvalue weighted by Crippen LogP contribution is 2.18. The third-order valence-electron chi connectivity index (χ3n) is 3.82. The molecule has 21 heavy (non-hydrogen) atoms. The number of anilines is 2. The molecule has 2 heterocycles. The van der Waals surface area contributed by atoms with E-state index in [4.69, 9.17) is 0 Å². The first-order chi connectivity index (χ1) is 10.3. The molecule has 1 aromatic heterocycles. The van der Waals surface area contributed by atoms with E-state index in [0.717, 1.165) is 25.5 Å². The van der Waals surface area contributed by atoms with Crippen LogP contribution in [0.15, 0.2) is 36.5 Å². The van der Waals surface area contributed by atoms with Crippen LogP contribution in [0.3, 0.4) is 0 Å². The van der Waals surface area contributed by atoms with Crippen LogP contribution in [0.2, 0.25) is 0 Å². The molecule has 1 aromatic carbocycles. The second-order valence-corrected chi connectivity index (χ2v) is 5.50. The Bertz CT molecular complexity index is 566. The molecular weight excluding hydrogens is 262 g/mol. The first kappa shape index (κ1) is 13.8. The van der Waals surface area contributed by atoms with E-state index in [2.05, 4.69) is 32.2 Å². The predicted molar refractivity (Wildman–Crippen MR) is 84.4 cm³/mol. The van der Waals surface area contributed by atoms with Crippen LogP contribution in [-0.2, 0) is 6.54 Å². The molecule has 1 aliphatic rings. The largest absolute Gasteiger partial charge is 0.355 e. The number of aromatic nitrogens is 3. The minimum Gasteiger partial charge on any atom is -0.355 e. The number of nitrogens with zero attached hydrogens (tertiary/aromatic N) is 5. The smallest absolute Gasteiger partial charge is 0.247 e. The molecule has 0 atom stereocenters. The number of hydrogen-bond acceptors (Lipinski definition) is 5. The third-order valence-corrected chi connectivity index (χ3v) is 3.82. The lowest BCUT2D eigenvalue weighted by Gasteiger charge is -2.28. The summed E-state index contributed by atoms with van der Waals surface area (Å²) in [6.45, 7) is 2.92. The summed E-state index contributed by atoms with van der Waals surface area (Å²) in [6, 6.07) is 10.3. The van der Waals surface area contributed by atoms with Crippen LogP contribution in [0.25, 0.3) is 0 Å². The monoisotopic (exact) mass is 283 g/mol. The SMILES string of the molecule is CN(Cc1ccccc1)c1nncc(N2CCCCC2)n1. The van der Waals surface area contributed by atoms with Gasteiger partial charge < -0.3 is 9.80 Å². The summed E-state index contributed by atoms with van der Waals surface area (Å²) < 4.78 is 0. The maximum Gasteiger partial charge on any atom is 0.247 e. The fourth-order valence-corrected chi connectivity index (χ4v) is 2.65. The van der Waals surface area contributed by atoms with Gasteiger partial charge in [0.05, 0.1) is 6.20 Å². The van der Waals surface area contributed by atoms with Crippen molar-refractivity contribution < 1.29 is 0 Å². The molecule has 2 aromatic rings. The number of hydrogen-bond donors (Lipinski definition) is 0. The average molecular weight is 283 g/mol. The minimum atomic E-state index is 0.682. The molecular formula is C16H21N5. The molecule has 0 radical (unpaired) electrons. The zero-order valence-corrected chi connectivity index (χ0v) is 12.4. The van der Waals surface area contributed by atoms with Gasteiger partial charge >= 0.3 is 0 Å². The summed E-state index contributed by atoms with van der Waals surface area (Å²) in [4.78, 5) is 9.01. The quantitative estimate of drug-likeness (QED) is 0.862. The van der Waals surface area contributed by atoms with Crippen LogP contribution in [-0.4, -0.2) is 35.3 Å². The minimum absolute atomic E-state index is 0.682. The van der Waals surface area contributed by atoms with Crippen LogP contribution >= 0.6 is 0 Å². The summed E-state index contributed by atoms with van der Waals surface area (Å²) in [7, 11) is 2.00. The van der Waals surface area contributed by atoms with Gasteiger partial charge in [0, 0.05) is 26.7 Å². The van der Waals surface area contributed by atoms with E-state index < -0.39 is 0 Å². The zero-order chi connectivity index (χ0) is 14.5. The van der Waals surface area contributed by atoms with Crippen molar-refractivity contribution in [3.05, 3.63) is 42.1 Å². The van der Waals surface area contributed by atoms with Gasteiger partial charge in [-0.05, 0) is 24.8 Å². The highest BCUT2D eigenvalue weighted by molar-refractivity contribution is 5.41. The normalized spacial score (nSPS) is 15.0. The summed E-state index contributed by atoms with van der Waals surface area (Å²) in [5, 5.41) is 8.30. The van der Waals surface area contributed by atoms with Crippen molar-refractivity contribution >= 4 is 11.8 Å². The Labute approximate surface area is 125 Å². The maximum atomic E-state index is 4.67. The van der Waals surface area contributed by atoms with Crippen LogP contribution in [0.1, 0.15) is 24.8 Å². The molecule has 5 heteroatoms. The van der Waals surface area contributed by atoms with Crippen molar-refractivity contribution in [2.45, 2.75) is 25.8 Å². The topological polar surface area (TPSA) is 45.2 Å². The Kier molecular flexibility index (Phi) is 4.28. The molecule has 1 fully saturated rings. The second kappa shape index (κ2) is 6.52. The van der Waals surface area contributed by atoms with E-state index >= 15 is 0 Å². The molecule has 0 unspecified atom stereocenters. The number of rotatable bonds is 4. The van der Waals surface area contributed by atoms with E-state index in [0.29, 0.717) is 5.95 Å². The van der Waals surface area contributed by atoms with Gasteiger partial charge in [-0.2, -0.15) is 10.1 Å². The van der Waals surface area contributed by atoms with Gasteiger partial charge in [0.25, 0.3) is 0 Å². The Morgan fingerprint density at radius 3 is 2.62 bits per heavy atom. The molecule has 5 nitrogen and oxygen atoms in total. The van der Waals surface area contributed by atoms with Crippen LogP contribution in [0, 0.1) is 0 Å². The molecule has 0 bridgehead atoms. The highest BCUT2D eigenvalue weighted by atomic mass is 15.3. The molecule has 0 spiro atoms. The Hall–Kier alpha value is -2.17. The van der Waals surface area contributed by atoms with Crippen LogP contribution < -0.4 is 9.80 Å². The molecule has 110 valence electrons. The van der Waals surface area contributed by atoms with Crippen molar-refractivity contribution in [3.8, 4) is 0 Å². The van der Waals surface area contributed by atoms with E-state index in [1.807, 2.05) is 30.1 Å². The van der Waals surface area contributed by atoms with Gasteiger partial charge in [-0.25, -0.2) is 0 Å². The Morgan fingerprint density at radius 2 is 1.86 bits per heavy atom. The lowest BCUT2D eigenvalue weighted by Crippen LogP contribution is -2.31. The van der Waals surface area contributed by atoms with E-state index in [9.17, 15) is 0 Å². The number of piperidine rings is 1. The zero-order valence-electron chi connectivity index (χ0n) is 12.4. The third kappa shape index (κ3) is 3.48. The lowest BCUT2D eigenvalue weighted by molar-refractivity contribution is 0.571. The standard InChI is InChI=1S/C16H21N5/c1-20(13-14-8-4-2-5-9-14)16-18-15(12-17-19-16)21-10-6-3-7-11-21/h2,4-5,8-9,12H,3,6-7,10-11,13H2,1H3. The Balaban J connectivity index is 1.72. The van der Waals surface area contributed by atoms with Crippen molar-refractivity contribution in [3.63, 3.8) is 0 Å². The predicted octanol–water partition coefficient (Wildman–Crippen LogP) is 2.50. The van der Waals surface area contributed by atoms with Gasteiger partial charge in [0.2, 0.25) is 5.95 Å². The maximum absolute atomic E-state index is 4.67. The summed E-state index contributed by atoms with van der Waals surface area (Å²) in [5.41, 5.74) is 1.24. The van der Waals surface area contributed by atoms with E-state index in [-0.39, 0.29) is 0 Å². The summed E-state index contributed by atoms with van der Waals surface area (Å²) in [6.07, 6.45) is 5.55. The molecule has 0 amide bonds. The molecule has 0 N–H and O–H groups in total. The van der Waals surface area contributed by atoms with E-state index in [1.54, 1.807) is 6.20 Å². The van der Waals surface area contributed by atoms with E-state index in [1.165, 1.54) is 24.8 Å². The van der Waals surface area contributed by atoms with Gasteiger partial charge in [-0.3, -0.25) is 0 Å². The summed E-state index contributed by atoms with van der Waals surface area (Å²) >= 11 is 0. The average Bonchev–Trinajstić information content (AvgIpc) is 2.57.